The Morgan fingerprint density at radius 1 is 1.09 bits per heavy atom. The number of piperidine rings is 1. The van der Waals surface area contributed by atoms with E-state index in [1.165, 1.54) is 24.3 Å². The van der Waals surface area contributed by atoms with Crippen molar-refractivity contribution in [2.75, 3.05) is 13.1 Å². The Bertz CT molecular complexity index is 1090. The molecule has 0 bridgehead atoms. The van der Waals surface area contributed by atoms with E-state index in [2.05, 4.69) is 5.32 Å². The number of nitrogens with zero attached hydrogens (tertiary/aromatic N) is 1. The van der Waals surface area contributed by atoms with Crippen LogP contribution in [0, 0.1) is 5.92 Å². The van der Waals surface area contributed by atoms with Crippen LogP contribution in [0.5, 0.6) is 0 Å². The molecular formula is C25H27ClN2O5. The number of carboxylic acids is 1. The Hall–Kier alpha value is -2.90. The molecule has 1 spiro atoms. The third-order valence-electron chi connectivity index (χ3n) is 6.54. The first-order valence-electron chi connectivity index (χ1n) is 11.1. The van der Waals surface area contributed by atoms with Crippen molar-refractivity contribution in [1.82, 2.24) is 10.2 Å². The van der Waals surface area contributed by atoms with Crippen LogP contribution in [0.3, 0.4) is 0 Å². The molecule has 174 valence electrons. The quantitative estimate of drug-likeness (QED) is 0.692. The molecular weight excluding hydrogens is 444 g/mol. The van der Waals surface area contributed by atoms with Crippen molar-refractivity contribution in [2.45, 2.75) is 44.9 Å². The second-order valence-corrected chi connectivity index (χ2v) is 9.43. The van der Waals surface area contributed by atoms with Gasteiger partial charge in [0.25, 0.3) is 5.91 Å². The summed E-state index contributed by atoms with van der Waals surface area (Å²) in [4.78, 5) is 39.1. The maximum absolute atomic E-state index is 13.3. The summed E-state index contributed by atoms with van der Waals surface area (Å²) in [6.07, 6.45) is 1.35. The van der Waals surface area contributed by atoms with E-state index in [0.717, 1.165) is 11.1 Å². The number of carbonyl (C=O) groups excluding carboxylic acids is 2. The molecule has 4 rings (SSSR count). The lowest BCUT2D eigenvalue weighted by Crippen LogP contribution is -2.54. The minimum atomic E-state index is -1.11. The van der Waals surface area contributed by atoms with Crippen molar-refractivity contribution in [3.05, 3.63) is 69.7 Å². The summed E-state index contributed by atoms with van der Waals surface area (Å²) in [6, 6.07) is 10.9. The van der Waals surface area contributed by atoms with E-state index in [9.17, 15) is 19.5 Å². The van der Waals surface area contributed by atoms with Crippen LogP contribution in [0.4, 0.5) is 0 Å². The monoisotopic (exact) mass is 470 g/mol. The number of carboxylic acid groups (broad SMARTS) is 1. The smallest absolute Gasteiger partial charge is 0.335 e. The highest BCUT2D eigenvalue weighted by Gasteiger charge is 2.44. The van der Waals surface area contributed by atoms with E-state index in [-0.39, 0.29) is 23.0 Å². The predicted molar refractivity (Wildman–Crippen MR) is 123 cm³/mol. The zero-order chi connectivity index (χ0) is 23.8. The lowest BCUT2D eigenvalue weighted by Gasteiger charge is -2.40. The minimum Gasteiger partial charge on any atom is -0.478 e. The number of hydrogen-bond acceptors (Lipinski definition) is 4. The van der Waals surface area contributed by atoms with E-state index in [1.807, 2.05) is 32.0 Å². The van der Waals surface area contributed by atoms with Crippen LogP contribution in [0.2, 0.25) is 5.02 Å². The van der Waals surface area contributed by atoms with Gasteiger partial charge in [0.1, 0.15) is 6.04 Å². The molecule has 2 heterocycles. The molecule has 2 aliphatic rings. The van der Waals surface area contributed by atoms with E-state index >= 15 is 0 Å². The molecule has 7 nitrogen and oxygen atoms in total. The van der Waals surface area contributed by atoms with Gasteiger partial charge in [-0.25, -0.2) is 4.79 Å². The number of carbonyl (C=O) groups is 3. The van der Waals surface area contributed by atoms with Gasteiger partial charge in [-0.1, -0.05) is 37.6 Å². The molecule has 1 atom stereocenters. The second-order valence-electron chi connectivity index (χ2n) is 8.99. The van der Waals surface area contributed by atoms with Gasteiger partial charge in [-0.2, -0.15) is 0 Å². The average molecular weight is 471 g/mol. The Morgan fingerprint density at radius 2 is 1.79 bits per heavy atom. The maximum Gasteiger partial charge on any atom is 0.335 e. The summed E-state index contributed by atoms with van der Waals surface area (Å²) in [5, 5.41) is 12.7. The first-order chi connectivity index (χ1) is 15.7. The number of rotatable bonds is 5. The van der Waals surface area contributed by atoms with Gasteiger partial charge in [0.15, 0.2) is 0 Å². The lowest BCUT2D eigenvalue weighted by atomic mass is 9.83. The first kappa shape index (κ1) is 23.3. The number of likely N-dealkylation sites (tertiary alicyclic amines) is 1. The Balaban J connectivity index is 1.44. The third-order valence-corrected chi connectivity index (χ3v) is 6.77. The molecule has 2 N–H and O–H groups in total. The second kappa shape index (κ2) is 9.15. The summed E-state index contributed by atoms with van der Waals surface area (Å²) in [6.45, 7) is 5.32. The molecule has 0 saturated carbocycles. The predicted octanol–water partition coefficient (Wildman–Crippen LogP) is 3.84. The fraction of sp³-hybridized carbons (Fsp3) is 0.400. The third kappa shape index (κ3) is 4.61. The molecule has 8 heteroatoms. The van der Waals surface area contributed by atoms with Crippen LogP contribution in [0.1, 0.15) is 58.5 Å². The summed E-state index contributed by atoms with van der Waals surface area (Å²) in [7, 11) is 0. The fourth-order valence-electron chi connectivity index (χ4n) is 4.65. The standard InChI is InChI=1S/C25H27ClN2O5/c1-15(2)21(27-22(29)16-4-3-5-17(12-16)24(31)32)23(30)28-10-8-25(9-11-28)20-7-6-19(26)13-18(20)14-33-25/h3-7,12-13,15,21H,8-11,14H2,1-2H3,(H,27,29)(H,31,32)/t21-/m1/s1. The number of aromatic carboxylic acids is 1. The number of benzene rings is 2. The van der Waals surface area contributed by atoms with Gasteiger partial charge < -0.3 is 20.1 Å². The number of halogens is 1. The molecule has 2 aliphatic heterocycles. The molecule has 1 fully saturated rings. The average Bonchev–Trinajstić information content (AvgIpc) is 3.14. The van der Waals surface area contributed by atoms with Crippen LogP contribution >= 0.6 is 11.6 Å². The Kier molecular flexibility index (Phi) is 6.45. The van der Waals surface area contributed by atoms with Gasteiger partial charge in [-0.3, -0.25) is 9.59 Å². The van der Waals surface area contributed by atoms with Gasteiger partial charge in [0.2, 0.25) is 5.91 Å². The summed E-state index contributed by atoms with van der Waals surface area (Å²) < 4.78 is 6.18. The topological polar surface area (TPSA) is 95.9 Å². The van der Waals surface area contributed by atoms with E-state index in [4.69, 9.17) is 16.3 Å². The van der Waals surface area contributed by atoms with Gasteiger partial charge in [-0.15, -0.1) is 0 Å². The number of nitrogens with one attached hydrogen (secondary N) is 1. The zero-order valence-corrected chi connectivity index (χ0v) is 19.4. The van der Waals surface area contributed by atoms with Crippen LogP contribution in [-0.2, 0) is 21.7 Å². The van der Waals surface area contributed by atoms with Crippen molar-refractivity contribution in [1.29, 1.82) is 0 Å². The molecule has 1 saturated heterocycles. The molecule has 0 radical (unpaired) electrons. The molecule has 2 aromatic rings. The highest BCUT2D eigenvalue weighted by molar-refractivity contribution is 6.30. The number of fused-ring (bicyclic) bond motifs is 2. The van der Waals surface area contributed by atoms with Crippen molar-refractivity contribution >= 4 is 29.4 Å². The lowest BCUT2D eigenvalue weighted by molar-refractivity contribution is -0.141. The van der Waals surface area contributed by atoms with E-state index in [0.29, 0.717) is 37.6 Å². The van der Waals surface area contributed by atoms with Crippen LogP contribution < -0.4 is 5.32 Å². The normalized spacial score (nSPS) is 17.6. The van der Waals surface area contributed by atoms with Crippen molar-refractivity contribution in [2.24, 2.45) is 5.92 Å². The molecule has 0 aromatic heterocycles. The Morgan fingerprint density at radius 3 is 2.45 bits per heavy atom. The Labute approximate surface area is 197 Å². The highest BCUT2D eigenvalue weighted by atomic mass is 35.5. The van der Waals surface area contributed by atoms with Crippen molar-refractivity contribution in [3.63, 3.8) is 0 Å². The zero-order valence-electron chi connectivity index (χ0n) is 18.6. The molecule has 2 aromatic carbocycles. The van der Waals surface area contributed by atoms with Crippen LogP contribution in [0.25, 0.3) is 0 Å². The fourth-order valence-corrected chi connectivity index (χ4v) is 4.84. The van der Waals surface area contributed by atoms with Gasteiger partial charge in [0.05, 0.1) is 17.8 Å². The molecule has 2 amide bonds. The van der Waals surface area contributed by atoms with Crippen LogP contribution in [-0.4, -0.2) is 46.9 Å². The number of hydrogen-bond donors (Lipinski definition) is 2. The molecule has 0 aliphatic carbocycles. The summed E-state index contributed by atoms with van der Waals surface area (Å²) >= 11 is 6.12. The van der Waals surface area contributed by atoms with Gasteiger partial charge in [-0.05, 0) is 60.2 Å². The summed E-state index contributed by atoms with van der Waals surface area (Å²) in [5.41, 5.74) is 2.07. The minimum absolute atomic E-state index is 0.0227. The van der Waals surface area contributed by atoms with E-state index < -0.39 is 23.5 Å². The van der Waals surface area contributed by atoms with Crippen molar-refractivity contribution in [3.8, 4) is 0 Å². The summed E-state index contributed by atoms with van der Waals surface area (Å²) in [5.74, 6) is -1.85. The van der Waals surface area contributed by atoms with E-state index in [1.54, 1.807) is 4.90 Å². The van der Waals surface area contributed by atoms with Crippen molar-refractivity contribution < 1.29 is 24.2 Å². The maximum atomic E-state index is 13.3. The first-order valence-corrected chi connectivity index (χ1v) is 11.4. The largest absolute Gasteiger partial charge is 0.478 e. The number of amides is 2. The van der Waals surface area contributed by atoms with Gasteiger partial charge in [0, 0.05) is 23.7 Å². The molecule has 0 unspecified atom stereocenters. The number of ether oxygens (including phenoxy) is 1. The van der Waals surface area contributed by atoms with Gasteiger partial charge >= 0.3 is 5.97 Å². The molecule has 33 heavy (non-hydrogen) atoms. The SMILES string of the molecule is CC(C)[C@@H](NC(=O)c1cccc(C(=O)O)c1)C(=O)N1CCC2(CC1)OCc1cc(Cl)ccc12. The highest BCUT2D eigenvalue weighted by Crippen LogP contribution is 2.44. The van der Waals surface area contributed by atoms with Crippen LogP contribution in [0.15, 0.2) is 42.5 Å².